The Morgan fingerprint density at radius 3 is 2.84 bits per heavy atom. The topological polar surface area (TPSA) is 66.9 Å². The van der Waals surface area contributed by atoms with E-state index in [4.69, 9.17) is 0 Å². The molecule has 0 saturated heterocycles. The van der Waals surface area contributed by atoms with Gasteiger partial charge in [-0.25, -0.2) is 9.97 Å². The van der Waals surface area contributed by atoms with Gasteiger partial charge in [-0.1, -0.05) is 0 Å². The molecule has 19 heavy (non-hydrogen) atoms. The molecule has 2 heterocycles. The molecule has 2 aromatic rings. The standard InChI is InChI=1S/C14H16N4O/c1-3-15-13-11(5-4-7-17-13)14(19)18-12-9-10(2)6-8-16-12/h4-9H,3H2,1-2H3,(H,15,17)(H,16,18,19). The molecule has 0 aliphatic carbocycles. The van der Waals surface area contributed by atoms with Crippen molar-refractivity contribution in [3.8, 4) is 0 Å². The van der Waals surface area contributed by atoms with Gasteiger partial charge in [0, 0.05) is 18.9 Å². The van der Waals surface area contributed by atoms with E-state index in [2.05, 4.69) is 20.6 Å². The Bertz CT molecular complexity index is 583. The number of aromatic nitrogens is 2. The van der Waals surface area contributed by atoms with Crippen LogP contribution in [-0.4, -0.2) is 22.4 Å². The van der Waals surface area contributed by atoms with E-state index in [0.717, 1.165) is 5.56 Å². The number of pyridine rings is 2. The van der Waals surface area contributed by atoms with Crippen LogP contribution >= 0.6 is 0 Å². The van der Waals surface area contributed by atoms with Gasteiger partial charge >= 0.3 is 0 Å². The Labute approximate surface area is 112 Å². The Morgan fingerprint density at radius 2 is 2.11 bits per heavy atom. The third kappa shape index (κ3) is 3.28. The van der Waals surface area contributed by atoms with E-state index in [1.807, 2.05) is 26.0 Å². The summed E-state index contributed by atoms with van der Waals surface area (Å²) in [6, 6.07) is 7.17. The predicted octanol–water partition coefficient (Wildman–Crippen LogP) is 2.47. The normalized spacial score (nSPS) is 10.0. The van der Waals surface area contributed by atoms with Crippen molar-refractivity contribution in [1.29, 1.82) is 0 Å². The summed E-state index contributed by atoms with van der Waals surface area (Å²) in [5.74, 6) is 0.897. The van der Waals surface area contributed by atoms with Gasteiger partial charge in [0.05, 0.1) is 5.56 Å². The van der Waals surface area contributed by atoms with Crippen LogP contribution in [-0.2, 0) is 0 Å². The van der Waals surface area contributed by atoms with E-state index in [9.17, 15) is 4.79 Å². The average Bonchev–Trinajstić information content (AvgIpc) is 2.39. The molecule has 0 atom stereocenters. The van der Waals surface area contributed by atoms with Crippen LogP contribution in [0.15, 0.2) is 36.7 Å². The van der Waals surface area contributed by atoms with Gasteiger partial charge in [-0.05, 0) is 43.7 Å². The highest BCUT2D eigenvalue weighted by Gasteiger charge is 2.12. The van der Waals surface area contributed by atoms with Gasteiger partial charge in [0.15, 0.2) is 0 Å². The summed E-state index contributed by atoms with van der Waals surface area (Å²) in [6.07, 6.45) is 3.32. The van der Waals surface area contributed by atoms with Crippen LogP contribution in [0.3, 0.4) is 0 Å². The van der Waals surface area contributed by atoms with Crippen molar-refractivity contribution in [2.75, 3.05) is 17.2 Å². The van der Waals surface area contributed by atoms with Crippen LogP contribution < -0.4 is 10.6 Å². The first-order chi connectivity index (χ1) is 9.20. The van der Waals surface area contributed by atoms with Gasteiger partial charge in [-0.15, -0.1) is 0 Å². The SMILES string of the molecule is CCNc1ncccc1C(=O)Nc1cc(C)ccn1. The van der Waals surface area contributed by atoms with Crippen molar-refractivity contribution < 1.29 is 4.79 Å². The molecule has 0 radical (unpaired) electrons. The maximum absolute atomic E-state index is 12.2. The first-order valence-electron chi connectivity index (χ1n) is 6.13. The van der Waals surface area contributed by atoms with Crippen LogP contribution in [0, 0.1) is 6.92 Å². The minimum absolute atomic E-state index is 0.220. The molecule has 0 unspecified atom stereocenters. The first-order valence-corrected chi connectivity index (χ1v) is 6.13. The van der Waals surface area contributed by atoms with Crippen molar-refractivity contribution in [3.63, 3.8) is 0 Å². The number of amides is 1. The zero-order valence-corrected chi connectivity index (χ0v) is 11.0. The van der Waals surface area contributed by atoms with Crippen LogP contribution in [0.1, 0.15) is 22.8 Å². The number of anilines is 2. The van der Waals surface area contributed by atoms with Crippen molar-refractivity contribution in [2.45, 2.75) is 13.8 Å². The number of carbonyl (C=O) groups is 1. The van der Waals surface area contributed by atoms with E-state index >= 15 is 0 Å². The van der Waals surface area contributed by atoms with Crippen LogP contribution in [0.4, 0.5) is 11.6 Å². The van der Waals surface area contributed by atoms with E-state index in [1.54, 1.807) is 24.5 Å². The largest absolute Gasteiger partial charge is 0.370 e. The van der Waals surface area contributed by atoms with E-state index in [-0.39, 0.29) is 5.91 Å². The molecule has 2 N–H and O–H groups in total. The average molecular weight is 256 g/mol. The summed E-state index contributed by atoms with van der Waals surface area (Å²) in [7, 11) is 0. The Kier molecular flexibility index (Phi) is 4.07. The van der Waals surface area contributed by atoms with Crippen LogP contribution in [0.5, 0.6) is 0 Å². The van der Waals surface area contributed by atoms with Crippen molar-refractivity contribution in [2.24, 2.45) is 0 Å². The second-order valence-corrected chi connectivity index (χ2v) is 4.10. The maximum Gasteiger partial charge on any atom is 0.260 e. The lowest BCUT2D eigenvalue weighted by atomic mass is 10.2. The fraction of sp³-hybridized carbons (Fsp3) is 0.214. The monoisotopic (exact) mass is 256 g/mol. The van der Waals surface area contributed by atoms with Gasteiger partial charge < -0.3 is 10.6 Å². The molecule has 5 nitrogen and oxygen atoms in total. The van der Waals surface area contributed by atoms with E-state index in [1.165, 1.54) is 0 Å². The molecular formula is C14H16N4O. The molecule has 0 saturated carbocycles. The maximum atomic E-state index is 12.2. The number of nitrogens with zero attached hydrogens (tertiary/aromatic N) is 2. The molecular weight excluding hydrogens is 240 g/mol. The van der Waals surface area contributed by atoms with Gasteiger partial charge in [0.2, 0.25) is 0 Å². The van der Waals surface area contributed by atoms with Crippen LogP contribution in [0.2, 0.25) is 0 Å². The molecule has 0 fully saturated rings. The van der Waals surface area contributed by atoms with Gasteiger partial charge in [-0.3, -0.25) is 4.79 Å². The minimum Gasteiger partial charge on any atom is -0.370 e. The second-order valence-electron chi connectivity index (χ2n) is 4.10. The quantitative estimate of drug-likeness (QED) is 0.881. The molecule has 2 aromatic heterocycles. The molecule has 0 aliphatic rings. The molecule has 0 spiro atoms. The van der Waals surface area contributed by atoms with Gasteiger partial charge in [0.1, 0.15) is 11.6 Å². The number of aryl methyl sites for hydroxylation is 1. The lowest BCUT2D eigenvalue weighted by Crippen LogP contribution is -2.16. The second kappa shape index (κ2) is 5.95. The molecule has 5 heteroatoms. The van der Waals surface area contributed by atoms with Gasteiger partial charge in [0.25, 0.3) is 5.91 Å². The Morgan fingerprint density at radius 1 is 1.26 bits per heavy atom. The predicted molar refractivity (Wildman–Crippen MR) is 75.3 cm³/mol. The number of carbonyl (C=O) groups excluding carboxylic acids is 1. The summed E-state index contributed by atoms with van der Waals surface area (Å²) in [6.45, 7) is 4.62. The first kappa shape index (κ1) is 13.0. The minimum atomic E-state index is -0.220. The summed E-state index contributed by atoms with van der Waals surface area (Å²) >= 11 is 0. The third-order valence-corrected chi connectivity index (χ3v) is 2.55. The molecule has 0 bridgehead atoms. The van der Waals surface area contributed by atoms with Crippen molar-refractivity contribution in [1.82, 2.24) is 9.97 Å². The summed E-state index contributed by atoms with van der Waals surface area (Å²) in [5, 5.41) is 5.83. The number of rotatable bonds is 4. The highest BCUT2D eigenvalue weighted by atomic mass is 16.1. The Hall–Kier alpha value is -2.43. The smallest absolute Gasteiger partial charge is 0.260 e. The molecule has 1 amide bonds. The molecule has 2 rings (SSSR count). The zero-order valence-electron chi connectivity index (χ0n) is 11.0. The molecule has 0 aromatic carbocycles. The molecule has 98 valence electrons. The molecule has 0 aliphatic heterocycles. The van der Waals surface area contributed by atoms with Crippen molar-refractivity contribution >= 4 is 17.5 Å². The zero-order chi connectivity index (χ0) is 13.7. The lowest BCUT2D eigenvalue weighted by Gasteiger charge is -2.09. The Balaban J connectivity index is 2.20. The number of hydrogen-bond donors (Lipinski definition) is 2. The lowest BCUT2D eigenvalue weighted by molar-refractivity contribution is 0.102. The highest BCUT2D eigenvalue weighted by Crippen LogP contribution is 2.14. The summed E-state index contributed by atoms with van der Waals surface area (Å²) in [4.78, 5) is 20.5. The van der Waals surface area contributed by atoms with Crippen molar-refractivity contribution in [3.05, 3.63) is 47.8 Å². The van der Waals surface area contributed by atoms with E-state index < -0.39 is 0 Å². The summed E-state index contributed by atoms with van der Waals surface area (Å²) in [5.41, 5.74) is 1.55. The summed E-state index contributed by atoms with van der Waals surface area (Å²) < 4.78 is 0. The highest BCUT2D eigenvalue weighted by molar-refractivity contribution is 6.07. The van der Waals surface area contributed by atoms with E-state index in [0.29, 0.717) is 23.7 Å². The fourth-order valence-electron chi connectivity index (χ4n) is 1.69. The van der Waals surface area contributed by atoms with Gasteiger partial charge in [-0.2, -0.15) is 0 Å². The number of hydrogen-bond acceptors (Lipinski definition) is 4. The number of nitrogens with one attached hydrogen (secondary N) is 2. The van der Waals surface area contributed by atoms with Crippen LogP contribution in [0.25, 0.3) is 0 Å². The fourth-order valence-corrected chi connectivity index (χ4v) is 1.69. The third-order valence-electron chi connectivity index (χ3n) is 2.55.